The number of hydrogen-bond acceptors (Lipinski definition) is 7. The van der Waals surface area contributed by atoms with Crippen molar-refractivity contribution in [3.05, 3.63) is 48.2 Å². The third kappa shape index (κ3) is 3.79. The van der Waals surface area contributed by atoms with E-state index in [1.807, 2.05) is 6.07 Å². The lowest BCUT2D eigenvalue weighted by molar-refractivity contribution is -0.171. The summed E-state index contributed by atoms with van der Waals surface area (Å²) in [5.41, 5.74) is -0.337. The minimum absolute atomic E-state index is 0.0600. The summed E-state index contributed by atoms with van der Waals surface area (Å²) in [5.74, 6) is -0.511. The Morgan fingerprint density at radius 3 is 2.66 bits per heavy atom. The Morgan fingerprint density at radius 2 is 2.06 bits per heavy atom. The van der Waals surface area contributed by atoms with Gasteiger partial charge in [-0.3, -0.25) is 14.5 Å². The summed E-state index contributed by atoms with van der Waals surface area (Å²) in [6.45, 7) is 2.09. The lowest BCUT2D eigenvalue weighted by Crippen LogP contribution is -2.74. The molecule has 4 rings (SSSR count). The molecule has 0 saturated carbocycles. The van der Waals surface area contributed by atoms with Crippen molar-refractivity contribution in [2.24, 2.45) is 0 Å². The SMILES string of the molecule is C[C@@H](O)[C@@H](C(=O)N1CCCC12CN(Cc1nnco1)C2=O)N(Cc1ccccc1)C(=O)O. The van der Waals surface area contributed by atoms with Gasteiger partial charge in [0.2, 0.25) is 18.2 Å². The van der Waals surface area contributed by atoms with E-state index in [1.165, 1.54) is 23.1 Å². The van der Waals surface area contributed by atoms with E-state index in [1.54, 1.807) is 24.3 Å². The Kier molecular flexibility index (Phi) is 5.83. The third-order valence-electron chi connectivity index (χ3n) is 6.11. The molecule has 3 atom stereocenters. The number of amides is 3. The van der Waals surface area contributed by atoms with Crippen molar-refractivity contribution in [2.75, 3.05) is 13.1 Å². The monoisotopic (exact) mass is 443 g/mol. The van der Waals surface area contributed by atoms with Crippen molar-refractivity contribution in [1.82, 2.24) is 24.9 Å². The molecule has 1 aromatic heterocycles. The first-order valence-electron chi connectivity index (χ1n) is 10.4. The molecule has 1 aromatic carbocycles. The lowest BCUT2D eigenvalue weighted by Gasteiger charge is -2.51. The van der Waals surface area contributed by atoms with Crippen LogP contribution in [0.5, 0.6) is 0 Å². The zero-order valence-corrected chi connectivity index (χ0v) is 17.6. The van der Waals surface area contributed by atoms with Crippen LogP contribution in [0.25, 0.3) is 0 Å². The fourth-order valence-corrected chi connectivity index (χ4v) is 4.63. The molecular weight excluding hydrogens is 418 g/mol. The number of carbonyl (C=O) groups excluding carboxylic acids is 2. The van der Waals surface area contributed by atoms with Crippen molar-refractivity contribution < 1.29 is 29.0 Å². The maximum atomic E-state index is 13.6. The fourth-order valence-electron chi connectivity index (χ4n) is 4.63. The summed E-state index contributed by atoms with van der Waals surface area (Å²) >= 11 is 0. The van der Waals surface area contributed by atoms with Gasteiger partial charge in [-0.15, -0.1) is 10.2 Å². The Bertz CT molecular complexity index is 982. The highest BCUT2D eigenvalue weighted by atomic mass is 16.4. The average molecular weight is 443 g/mol. The van der Waals surface area contributed by atoms with Crippen LogP contribution in [0, 0.1) is 0 Å². The summed E-state index contributed by atoms with van der Waals surface area (Å²) in [5, 5.41) is 27.6. The molecule has 32 heavy (non-hydrogen) atoms. The number of carboxylic acid groups (broad SMARTS) is 1. The zero-order chi connectivity index (χ0) is 22.9. The normalized spacial score (nSPS) is 22.0. The van der Waals surface area contributed by atoms with Gasteiger partial charge in [-0.2, -0.15) is 0 Å². The summed E-state index contributed by atoms with van der Waals surface area (Å²) in [6, 6.07) is 7.52. The van der Waals surface area contributed by atoms with Gasteiger partial charge in [0.15, 0.2) is 0 Å². The number of aliphatic hydroxyl groups excluding tert-OH is 1. The van der Waals surface area contributed by atoms with Crippen LogP contribution < -0.4 is 0 Å². The topological polar surface area (TPSA) is 140 Å². The highest BCUT2D eigenvalue weighted by molar-refractivity contribution is 5.99. The number of hydrogen-bond donors (Lipinski definition) is 2. The number of rotatable bonds is 7. The number of benzene rings is 1. The molecule has 11 nitrogen and oxygen atoms in total. The van der Waals surface area contributed by atoms with E-state index in [0.29, 0.717) is 30.8 Å². The summed E-state index contributed by atoms with van der Waals surface area (Å²) < 4.78 is 5.10. The van der Waals surface area contributed by atoms with Crippen molar-refractivity contribution in [3.8, 4) is 0 Å². The Hall–Kier alpha value is -3.47. The van der Waals surface area contributed by atoms with E-state index >= 15 is 0 Å². The standard InChI is InChI=1S/C21H25N5O6/c1-14(27)17(25(20(30)31)10-15-6-3-2-4-7-15)18(28)26-9-5-8-21(26)12-24(19(21)29)11-16-23-22-13-32-16/h2-4,6-7,13-14,17,27H,5,8-12H2,1H3,(H,30,31)/t14-,17+,21?/m1/s1. The third-order valence-corrected chi connectivity index (χ3v) is 6.11. The number of nitrogens with zero attached hydrogens (tertiary/aromatic N) is 5. The maximum Gasteiger partial charge on any atom is 0.408 e. The van der Waals surface area contributed by atoms with Gasteiger partial charge in [0.1, 0.15) is 11.6 Å². The molecule has 1 unspecified atom stereocenters. The van der Waals surface area contributed by atoms with Crippen molar-refractivity contribution in [1.29, 1.82) is 0 Å². The van der Waals surface area contributed by atoms with Gasteiger partial charge in [0, 0.05) is 13.1 Å². The molecular formula is C21H25N5O6. The van der Waals surface area contributed by atoms with Crippen LogP contribution in [0.2, 0.25) is 0 Å². The predicted molar refractivity (Wildman–Crippen MR) is 109 cm³/mol. The molecule has 2 fully saturated rings. The van der Waals surface area contributed by atoms with Crippen LogP contribution in [0.1, 0.15) is 31.2 Å². The van der Waals surface area contributed by atoms with Crippen LogP contribution in [0.3, 0.4) is 0 Å². The minimum Gasteiger partial charge on any atom is -0.465 e. The van der Waals surface area contributed by atoms with Crippen LogP contribution in [0.4, 0.5) is 4.79 Å². The molecule has 2 aliphatic heterocycles. The van der Waals surface area contributed by atoms with Crippen molar-refractivity contribution >= 4 is 17.9 Å². The van der Waals surface area contributed by atoms with Gasteiger partial charge in [-0.1, -0.05) is 30.3 Å². The molecule has 2 saturated heterocycles. The maximum absolute atomic E-state index is 13.6. The molecule has 3 heterocycles. The first-order valence-corrected chi connectivity index (χ1v) is 10.4. The van der Waals surface area contributed by atoms with Gasteiger partial charge < -0.3 is 24.4 Å². The predicted octanol–water partition coefficient (Wildman–Crippen LogP) is 0.703. The molecule has 3 amide bonds. The molecule has 2 N–H and O–H groups in total. The van der Waals surface area contributed by atoms with Crippen molar-refractivity contribution in [3.63, 3.8) is 0 Å². The smallest absolute Gasteiger partial charge is 0.408 e. The first-order chi connectivity index (χ1) is 15.3. The summed E-state index contributed by atoms with van der Waals surface area (Å²) in [6.07, 6.45) is -0.300. The summed E-state index contributed by atoms with van der Waals surface area (Å²) in [4.78, 5) is 42.6. The minimum atomic E-state index is -1.33. The first kappa shape index (κ1) is 21.8. The van der Waals surface area contributed by atoms with E-state index in [-0.39, 0.29) is 25.5 Å². The fraction of sp³-hybridized carbons (Fsp3) is 0.476. The lowest BCUT2D eigenvalue weighted by atomic mass is 9.85. The van der Waals surface area contributed by atoms with Gasteiger partial charge in [0.05, 0.1) is 19.2 Å². The molecule has 1 spiro atoms. The van der Waals surface area contributed by atoms with Gasteiger partial charge in [0.25, 0.3) is 5.91 Å². The Labute approximate surface area is 184 Å². The van der Waals surface area contributed by atoms with Gasteiger partial charge >= 0.3 is 6.09 Å². The molecule has 2 aromatic rings. The van der Waals surface area contributed by atoms with Crippen LogP contribution >= 0.6 is 0 Å². The Morgan fingerprint density at radius 1 is 1.31 bits per heavy atom. The second-order valence-corrected chi connectivity index (χ2v) is 8.20. The number of likely N-dealkylation sites (tertiary alicyclic amines) is 2. The van der Waals surface area contributed by atoms with Crippen molar-refractivity contribution in [2.45, 2.75) is 50.5 Å². The van der Waals surface area contributed by atoms with E-state index < -0.39 is 29.7 Å². The number of carbonyl (C=O) groups is 3. The highest BCUT2D eigenvalue weighted by Gasteiger charge is 2.61. The molecule has 0 radical (unpaired) electrons. The molecule has 0 aliphatic carbocycles. The van der Waals surface area contributed by atoms with E-state index in [9.17, 15) is 24.6 Å². The Balaban J connectivity index is 1.54. The van der Waals surface area contributed by atoms with Crippen LogP contribution in [-0.4, -0.2) is 83.8 Å². The van der Waals surface area contributed by atoms with Gasteiger partial charge in [-0.05, 0) is 25.3 Å². The number of β-lactam (4-membered cyclic amide) rings is 1. The molecule has 0 bridgehead atoms. The largest absolute Gasteiger partial charge is 0.465 e. The summed E-state index contributed by atoms with van der Waals surface area (Å²) in [7, 11) is 0. The number of aliphatic hydroxyl groups is 1. The molecule has 11 heteroatoms. The zero-order valence-electron chi connectivity index (χ0n) is 17.6. The van der Waals surface area contributed by atoms with Crippen LogP contribution in [-0.2, 0) is 22.7 Å². The second kappa shape index (κ2) is 8.58. The number of aromatic nitrogens is 2. The van der Waals surface area contributed by atoms with E-state index in [0.717, 1.165) is 4.90 Å². The average Bonchev–Trinajstić information content (AvgIpc) is 3.44. The molecule has 170 valence electrons. The van der Waals surface area contributed by atoms with E-state index in [2.05, 4.69) is 10.2 Å². The highest BCUT2D eigenvalue weighted by Crippen LogP contribution is 2.40. The second-order valence-electron chi connectivity index (χ2n) is 8.20. The van der Waals surface area contributed by atoms with E-state index in [4.69, 9.17) is 4.42 Å². The van der Waals surface area contributed by atoms with Gasteiger partial charge in [-0.25, -0.2) is 4.79 Å². The quantitative estimate of drug-likeness (QED) is 0.596. The van der Waals surface area contributed by atoms with Crippen LogP contribution in [0.15, 0.2) is 41.1 Å². The molecule has 2 aliphatic rings.